The van der Waals surface area contributed by atoms with Crippen molar-refractivity contribution in [1.82, 2.24) is 5.32 Å². The van der Waals surface area contributed by atoms with Gasteiger partial charge >= 0.3 is 0 Å². The van der Waals surface area contributed by atoms with Crippen molar-refractivity contribution in [3.8, 4) is 0 Å². The largest absolute Gasteiger partial charge is 0.353 e. The van der Waals surface area contributed by atoms with Crippen molar-refractivity contribution in [2.24, 2.45) is 0 Å². The topological polar surface area (TPSA) is 29.1 Å². The van der Waals surface area contributed by atoms with Gasteiger partial charge in [0.05, 0.1) is 0 Å². The van der Waals surface area contributed by atoms with Crippen LogP contribution in [-0.2, 0) is 4.79 Å². The highest BCUT2D eigenvalue weighted by molar-refractivity contribution is 5.87. The highest BCUT2D eigenvalue weighted by atomic mass is 16.1. The molecule has 52 valence electrons. The zero-order valence-corrected chi connectivity index (χ0v) is 5.98. The van der Waals surface area contributed by atoms with Crippen molar-refractivity contribution in [3.63, 3.8) is 0 Å². The molecule has 0 saturated carbocycles. The fourth-order valence-corrected chi connectivity index (χ4v) is 0.459. The summed E-state index contributed by atoms with van der Waals surface area (Å²) in [5.74, 6) is -0.000602. The van der Waals surface area contributed by atoms with E-state index < -0.39 is 0 Å². The van der Waals surface area contributed by atoms with Gasteiger partial charge in [-0.25, -0.2) is 0 Å². The van der Waals surface area contributed by atoms with Crippen LogP contribution in [0.25, 0.3) is 0 Å². The third-order valence-electron chi connectivity index (χ3n) is 0.867. The van der Waals surface area contributed by atoms with Gasteiger partial charge in [-0.2, -0.15) is 0 Å². The van der Waals surface area contributed by atoms with Gasteiger partial charge < -0.3 is 5.32 Å². The van der Waals surface area contributed by atoms with Crippen molar-refractivity contribution in [2.45, 2.75) is 20.3 Å². The number of allylic oxidation sites excluding steroid dienone is 1. The predicted molar refractivity (Wildman–Crippen MR) is 38.1 cm³/mol. The van der Waals surface area contributed by atoms with Crippen LogP contribution in [-0.4, -0.2) is 12.5 Å². The molecule has 0 radical (unpaired) electrons. The molecule has 0 saturated heterocycles. The average Bonchev–Trinajstić information content (AvgIpc) is 1.85. The van der Waals surface area contributed by atoms with Gasteiger partial charge in [-0.1, -0.05) is 13.0 Å². The first-order valence-corrected chi connectivity index (χ1v) is 3.21. The van der Waals surface area contributed by atoms with E-state index in [2.05, 4.69) is 5.32 Å². The first kappa shape index (κ1) is 8.21. The Hall–Kier alpha value is -0.790. The second kappa shape index (κ2) is 5.35. The number of carbonyl (C=O) groups excluding carboxylic acids is 1. The van der Waals surface area contributed by atoms with E-state index in [0.29, 0.717) is 0 Å². The van der Waals surface area contributed by atoms with Crippen LogP contribution in [0.3, 0.4) is 0 Å². The van der Waals surface area contributed by atoms with Crippen LogP contribution >= 0.6 is 0 Å². The molecule has 0 aliphatic carbocycles. The molecule has 0 aliphatic heterocycles. The molecule has 0 heterocycles. The predicted octanol–water partition coefficient (Wildman–Crippen LogP) is 1.09. The van der Waals surface area contributed by atoms with Gasteiger partial charge in [0.15, 0.2) is 0 Å². The van der Waals surface area contributed by atoms with Crippen molar-refractivity contribution < 1.29 is 4.79 Å². The Morgan fingerprint density at radius 2 is 2.33 bits per heavy atom. The lowest BCUT2D eigenvalue weighted by Gasteiger charge is -1.95. The summed E-state index contributed by atoms with van der Waals surface area (Å²) in [7, 11) is 0. The Bertz CT molecular complexity index is 107. The molecule has 2 nitrogen and oxygen atoms in total. The zero-order chi connectivity index (χ0) is 7.11. The minimum absolute atomic E-state index is 0.000602. The molecule has 0 rings (SSSR count). The fraction of sp³-hybridized carbons (Fsp3) is 0.571. The van der Waals surface area contributed by atoms with E-state index >= 15 is 0 Å². The Kier molecular flexibility index (Phi) is 4.88. The SMILES string of the molecule is C/C=C\C(=O)NCCC. The molecular formula is C7H13NO. The van der Waals surface area contributed by atoms with Gasteiger partial charge in [0.1, 0.15) is 0 Å². The summed E-state index contributed by atoms with van der Waals surface area (Å²) < 4.78 is 0. The Labute approximate surface area is 56.0 Å². The van der Waals surface area contributed by atoms with E-state index in [9.17, 15) is 4.79 Å². The van der Waals surface area contributed by atoms with Gasteiger partial charge in [0.25, 0.3) is 0 Å². The molecule has 0 fully saturated rings. The van der Waals surface area contributed by atoms with E-state index in [-0.39, 0.29) is 5.91 Å². The number of carbonyl (C=O) groups is 1. The third kappa shape index (κ3) is 5.07. The van der Waals surface area contributed by atoms with Gasteiger partial charge in [0.2, 0.25) is 5.91 Å². The lowest BCUT2D eigenvalue weighted by molar-refractivity contribution is -0.116. The smallest absolute Gasteiger partial charge is 0.243 e. The van der Waals surface area contributed by atoms with Crippen LogP contribution < -0.4 is 5.32 Å². The molecule has 0 aliphatic rings. The highest BCUT2D eigenvalue weighted by Gasteiger charge is 1.88. The Morgan fingerprint density at radius 1 is 1.67 bits per heavy atom. The molecule has 0 aromatic heterocycles. The minimum Gasteiger partial charge on any atom is -0.353 e. The van der Waals surface area contributed by atoms with Crippen LogP contribution in [0.4, 0.5) is 0 Å². The van der Waals surface area contributed by atoms with E-state index in [4.69, 9.17) is 0 Å². The van der Waals surface area contributed by atoms with Crippen molar-refractivity contribution in [3.05, 3.63) is 12.2 Å². The summed E-state index contributed by atoms with van der Waals surface area (Å²) in [6.07, 6.45) is 4.24. The molecule has 1 amide bonds. The number of rotatable bonds is 3. The van der Waals surface area contributed by atoms with Crippen LogP contribution in [0.2, 0.25) is 0 Å². The summed E-state index contributed by atoms with van der Waals surface area (Å²) in [6, 6.07) is 0. The third-order valence-corrected chi connectivity index (χ3v) is 0.867. The quantitative estimate of drug-likeness (QED) is 0.565. The number of hydrogen-bond acceptors (Lipinski definition) is 1. The van der Waals surface area contributed by atoms with Crippen molar-refractivity contribution in [2.75, 3.05) is 6.54 Å². The molecule has 9 heavy (non-hydrogen) atoms. The van der Waals surface area contributed by atoms with Crippen molar-refractivity contribution >= 4 is 5.91 Å². The molecular weight excluding hydrogens is 114 g/mol. The summed E-state index contributed by atoms with van der Waals surface area (Å²) in [5, 5.41) is 2.71. The number of hydrogen-bond donors (Lipinski definition) is 1. The number of nitrogens with one attached hydrogen (secondary N) is 1. The summed E-state index contributed by atoms with van der Waals surface area (Å²) >= 11 is 0. The molecule has 1 N–H and O–H groups in total. The monoisotopic (exact) mass is 127 g/mol. The first-order chi connectivity index (χ1) is 4.31. The maximum absolute atomic E-state index is 10.6. The molecule has 2 heteroatoms. The van der Waals surface area contributed by atoms with E-state index in [1.807, 2.05) is 13.8 Å². The van der Waals surface area contributed by atoms with Crippen molar-refractivity contribution in [1.29, 1.82) is 0 Å². The summed E-state index contributed by atoms with van der Waals surface area (Å²) in [4.78, 5) is 10.6. The highest BCUT2D eigenvalue weighted by Crippen LogP contribution is 1.73. The van der Waals surface area contributed by atoms with E-state index in [1.165, 1.54) is 6.08 Å². The van der Waals surface area contributed by atoms with Crippen LogP contribution in [0, 0.1) is 0 Å². The molecule has 0 bridgehead atoms. The lowest BCUT2D eigenvalue weighted by Crippen LogP contribution is -2.21. The second-order valence-corrected chi connectivity index (χ2v) is 1.79. The normalized spacial score (nSPS) is 10.0. The Balaban J connectivity index is 3.27. The minimum atomic E-state index is -0.000602. The second-order valence-electron chi connectivity index (χ2n) is 1.79. The van der Waals surface area contributed by atoms with Gasteiger partial charge in [-0.05, 0) is 19.4 Å². The molecule has 0 unspecified atom stereocenters. The Morgan fingerprint density at radius 3 is 2.78 bits per heavy atom. The zero-order valence-electron chi connectivity index (χ0n) is 5.98. The molecule has 0 aromatic carbocycles. The van der Waals surface area contributed by atoms with E-state index in [0.717, 1.165) is 13.0 Å². The van der Waals surface area contributed by atoms with Crippen LogP contribution in [0.1, 0.15) is 20.3 Å². The van der Waals surface area contributed by atoms with E-state index in [1.54, 1.807) is 6.08 Å². The van der Waals surface area contributed by atoms with Gasteiger partial charge in [-0.15, -0.1) is 0 Å². The van der Waals surface area contributed by atoms with Gasteiger partial charge in [-0.3, -0.25) is 4.79 Å². The van der Waals surface area contributed by atoms with Crippen LogP contribution in [0.5, 0.6) is 0 Å². The average molecular weight is 127 g/mol. The first-order valence-electron chi connectivity index (χ1n) is 3.21. The lowest BCUT2D eigenvalue weighted by atomic mass is 10.4. The maximum atomic E-state index is 10.6. The standard InChI is InChI=1S/C7H13NO/c1-3-5-7(9)8-6-4-2/h3,5H,4,6H2,1-2H3,(H,8,9)/b5-3-. The van der Waals surface area contributed by atoms with Crippen LogP contribution in [0.15, 0.2) is 12.2 Å². The maximum Gasteiger partial charge on any atom is 0.243 e. The molecule has 0 spiro atoms. The summed E-state index contributed by atoms with van der Waals surface area (Å²) in [6.45, 7) is 4.62. The number of amides is 1. The fourth-order valence-electron chi connectivity index (χ4n) is 0.459. The summed E-state index contributed by atoms with van der Waals surface area (Å²) in [5.41, 5.74) is 0. The molecule has 0 aromatic rings. The van der Waals surface area contributed by atoms with Gasteiger partial charge in [0, 0.05) is 6.54 Å². The molecule has 0 atom stereocenters.